The van der Waals surface area contributed by atoms with Gasteiger partial charge in [-0.15, -0.1) is 0 Å². The van der Waals surface area contributed by atoms with Crippen LogP contribution in [0.4, 0.5) is 5.69 Å². The van der Waals surface area contributed by atoms with Crippen LogP contribution in [0.25, 0.3) is 0 Å². The first kappa shape index (κ1) is 14.9. The summed E-state index contributed by atoms with van der Waals surface area (Å²) in [6.45, 7) is 0.412. The Bertz CT molecular complexity index is 813. The topological polar surface area (TPSA) is 52.3 Å². The zero-order chi connectivity index (χ0) is 16.1. The fourth-order valence-electron chi connectivity index (χ4n) is 2.36. The standard InChI is InChI=1S/C20H17NO2/c21-18-12-6-4-10-16(18)20(22)17-11-5-7-13-19(17)23-14-15-8-2-1-3-9-15/h1-13H,14,21H2. The van der Waals surface area contributed by atoms with Crippen LogP contribution in [0, 0.1) is 0 Å². The molecule has 0 saturated carbocycles. The molecule has 0 heterocycles. The number of anilines is 1. The highest BCUT2D eigenvalue weighted by Gasteiger charge is 2.16. The molecule has 3 heteroatoms. The van der Waals surface area contributed by atoms with Crippen LogP contribution in [0.2, 0.25) is 0 Å². The van der Waals surface area contributed by atoms with Gasteiger partial charge in [0.1, 0.15) is 12.4 Å². The molecule has 3 nitrogen and oxygen atoms in total. The smallest absolute Gasteiger partial charge is 0.198 e. The van der Waals surface area contributed by atoms with Crippen LogP contribution in [0.5, 0.6) is 5.75 Å². The summed E-state index contributed by atoms with van der Waals surface area (Å²) >= 11 is 0. The maximum absolute atomic E-state index is 12.7. The molecule has 0 saturated heterocycles. The van der Waals surface area contributed by atoms with Gasteiger partial charge in [0.15, 0.2) is 5.78 Å². The molecule has 0 aliphatic carbocycles. The zero-order valence-corrected chi connectivity index (χ0v) is 12.6. The molecular formula is C20H17NO2. The fourth-order valence-corrected chi connectivity index (χ4v) is 2.36. The molecule has 0 spiro atoms. The number of nitrogen functional groups attached to an aromatic ring is 1. The predicted octanol–water partition coefficient (Wildman–Crippen LogP) is 4.08. The number of carbonyl (C=O) groups excluding carboxylic acids is 1. The Kier molecular flexibility index (Phi) is 4.39. The van der Waals surface area contributed by atoms with Crippen molar-refractivity contribution in [3.05, 3.63) is 95.6 Å². The first-order valence-corrected chi connectivity index (χ1v) is 7.40. The van der Waals surface area contributed by atoms with E-state index in [0.717, 1.165) is 5.56 Å². The maximum Gasteiger partial charge on any atom is 0.198 e. The van der Waals surface area contributed by atoms with Crippen LogP contribution >= 0.6 is 0 Å². The number of benzene rings is 3. The van der Waals surface area contributed by atoms with Gasteiger partial charge in [-0.25, -0.2) is 0 Å². The third-order valence-electron chi connectivity index (χ3n) is 3.57. The molecule has 3 aromatic rings. The number of rotatable bonds is 5. The molecule has 0 atom stereocenters. The predicted molar refractivity (Wildman–Crippen MR) is 91.5 cm³/mol. The Morgan fingerprint density at radius 3 is 2.13 bits per heavy atom. The lowest BCUT2D eigenvalue weighted by atomic mass is 10.0. The van der Waals surface area contributed by atoms with Crippen molar-refractivity contribution < 1.29 is 9.53 Å². The molecule has 0 unspecified atom stereocenters. The third-order valence-corrected chi connectivity index (χ3v) is 3.57. The number of ketones is 1. The number of hydrogen-bond donors (Lipinski definition) is 1. The van der Waals surface area contributed by atoms with E-state index in [1.165, 1.54) is 0 Å². The van der Waals surface area contributed by atoms with Gasteiger partial charge >= 0.3 is 0 Å². The van der Waals surface area contributed by atoms with Crippen molar-refractivity contribution in [2.75, 3.05) is 5.73 Å². The lowest BCUT2D eigenvalue weighted by molar-refractivity contribution is 0.103. The van der Waals surface area contributed by atoms with Crippen LogP contribution in [0.3, 0.4) is 0 Å². The summed E-state index contributed by atoms with van der Waals surface area (Å²) in [7, 11) is 0. The normalized spacial score (nSPS) is 10.3. The Hall–Kier alpha value is -3.07. The van der Waals surface area contributed by atoms with Crippen molar-refractivity contribution in [1.29, 1.82) is 0 Å². The number of ether oxygens (including phenoxy) is 1. The van der Waals surface area contributed by atoms with E-state index in [4.69, 9.17) is 10.5 Å². The van der Waals surface area contributed by atoms with Crippen LogP contribution in [0.1, 0.15) is 21.5 Å². The highest BCUT2D eigenvalue weighted by atomic mass is 16.5. The number of nitrogens with two attached hydrogens (primary N) is 1. The number of para-hydroxylation sites is 2. The minimum atomic E-state index is -0.133. The number of hydrogen-bond acceptors (Lipinski definition) is 3. The van der Waals surface area contributed by atoms with E-state index in [2.05, 4.69) is 0 Å². The van der Waals surface area contributed by atoms with Gasteiger partial charge in [-0.1, -0.05) is 54.6 Å². The van der Waals surface area contributed by atoms with Crippen molar-refractivity contribution in [3.8, 4) is 5.75 Å². The molecule has 0 amide bonds. The summed E-state index contributed by atoms with van der Waals surface area (Å²) in [4.78, 5) is 12.7. The molecule has 0 aromatic heterocycles. The Balaban J connectivity index is 1.86. The SMILES string of the molecule is Nc1ccccc1C(=O)c1ccccc1OCc1ccccc1. The van der Waals surface area contributed by atoms with E-state index in [1.807, 2.05) is 48.5 Å². The summed E-state index contributed by atoms with van der Waals surface area (Å²) in [5.74, 6) is 0.427. The fraction of sp³-hybridized carbons (Fsp3) is 0.0500. The molecule has 2 N–H and O–H groups in total. The molecule has 0 aliphatic rings. The first-order chi connectivity index (χ1) is 11.3. The van der Waals surface area contributed by atoms with E-state index in [0.29, 0.717) is 29.2 Å². The van der Waals surface area contributed by atoms with E-state index in [9.17, 15) is 4.79 Å². The molecule has 0 radical (unpaired) electrons. The molecule has 0 aliphatic heterocycles. The van der Waals surface area contributed by atoms with Gasteiger partial charge in [-0.3, -0.25) is 4.79 Å². The van der Waals surface area contributed by atoms with E-state index in [1.54, 1.807) is 30.3 Å². The van der Waals surface area contributed by atoms with E-state index >= 15 is 0 Å². The molecule has 0 bridgehead atoms. The monoisotopic (exact) mass is 303 g/mol. The van der Waals surface area contributed by atoms with Crippen LogP contribution in [0.15, 0.2) is 78.9 Å². The minimum absolute atomic E-state index is 0.133. The molecule has 3 rings (SSSR count). The van der Waals surface area contributed by atoms with Crippen molar-refractivity contribution in [2.24, 2.45) is 0 Å². The quantitative estimate of drug-likeness (QED) is 0.571. The summed E-state index contributed by atoms with van der Waals surface area (Å²) in [6, 6.07) is 24.1. The van der Waals surface area contributed by atoms with Gasteiger partial charge in [-0.05, 0) is 29.8 Å². The first-order valence-electron chi connectivity index (χ1n) is 7.40. The third kappa shape index (κ3) is 3.40. The highest BCUT2D eigenvalue weighted by Crippen LogP contribution is 2.24. The summed E-state index contributed by atoms with van der Waals surface area (Å²) < 4.78 is 5.84. The van der Waals surface area contributed by atoms with Gasteiger partial charge < -0.3 is 10.5 Å². The van der Waals surface area contributed by atoms with Crippen LogP contribution in [-0.4, -0.2) is 5.78 Å². The average Bonchev–Trinajstić information content (AvgIpc) is 2.61. The Morgan fingerprint density at radius 2 is 1.39 bits per heavy atom. The van der Waals surface area contributed by atoms with Gasteiger partial charge in [0.25, 0.3) is 0 Å². The molecule has 3 aromatic carbocycles. The summed E-state index contributed by atoms with van der Waals surface area (Å²) in [6.07, 6.45) is 0. The minimum Gasteiger partial charge on any atom is -0.488 e. The lowest BCUT2D eigenvalue weighted by Crippen LogP contribution is -2.08. The van der Waals surface area contributed by atoms with Gasteiger partial charge in [0.2, 0.25) is 0 Å². The summed E-state index contributed by atoms with van der Waals surface area (Å²) in [5.41, 5.74) is 8.43. The maximum atomic E-state index is 12.7. The molecular weight excluding hydrogens is 286 g/mol. The number of carbonyl (C=O) groups is 1. The Morgan fingerprint density at radius 1 is 0.783 bits per heavy atom. The van der Waals surface area contributed by atoms with Crippen molar-refractivity contribution in [1.82, 2.24) is 0 Å². The second kappa shape index (κ2) is 6.79. The largest absolute Gasteiger partial charge is 0.488 e. The zero-order valence-electron chi connectivity index (χ0n) is 12.6. The lowest BCUT2D eigenvalue weighted by Gasteiger charge is -2.12. The Labute approximate surface area is 135 Å². The van der Waals surface area contributed by atoms with Gasteiger partial charge in [0, 0.05) is 11.3 Å². The van der Waals surface area contributed by atoms with Crippen LogP contribution in [-0.2, 0) is 6.61 Å². The molecule has 114 valence electrons. The molecule has 0 fully saturated rings. The second-order valence-electron chi connectivity index (χ2n) is 5.19. The van der Waals surface area contributed by atoms with Gasteiger partial charge in [-0.2, -0.15) is 0 Å². The van der Waals surface area contributed by atoms with Gasteiger partial charge in [0.05, 0.1) is 5.56 Å². The van der Waals surface area contributed by atoms with Crippen molar-refractivity contribution >= 4 is 11.5 Å². The van der Waals surface area contributed by atoms with Crippen molar-refractivity contribution in [2.45, 2.75) is 6.61 Å². The average molecular weight is 303 g/mol. The van der Waals surface area contributed by atoms with Crippen LogP contribution < -0.4 is 10.5 Å². The highest BCUT2D eigenvalue weighted by molar-refractivity contribution is 6.13. The van der Waals surface area contributed by atoms with Crippen molar-refractivity contribution in [3.63, 3.8) is 0 Å². The van der Waals surface area contributed by atoms with E-state index < -0.39 is 0 Å². The van der Waals surface area contributed by atoms with E-state index in [-0.39, 0.29) is 5.78 Å². The second-order valence-corrected chi connectivity index (χ2v) is 5.19. The molecule has 23 heavy (non-hydrogen) atoms. The summed E-state index contributed by atoms with van der Waals surface area (Å²) in [5, 5.41) is 0.